The van der Waals surface area contributed by atoms with E-state index in [1.54, 1.807) is 0 Å². The van der Waals surface area contributed by atoms with Gasteiger partial charge in [0, 0.05) is 19.1 Å². The summed E-state index contributed by atoms with van der Waals surface area (Å²) in [6, 6.07) is 0. The molecule has 1 aromatic heterocycles. The van der Waals surface area contributed by atoms with Crippen LogP contribution >= 0.6 is 0 Å². The van der Waals surface area contributed by atoms with E-state index >= 15 is 0 Å². The first-order chi connectivity index (χ1) is 8.84. The third-order valence-corrected chi connectivity index (χ3v) is 4.39. The van der Waals surface area contributed by atoms with Crippen molar-refractivity contribution >= 4 is 0 Å². The summed E-state index contributed by atoms with van der Waals surface area (Å²) < 4.78 is 10.9. The number of rotatable bonds is 3. The third kappa shape index (κ3) is 2.06. The second-order valence-corrected chi connectivity index (χ2v) is 5.56. The average molecular weight is 251 g/mol. The Labute approximate surface area is 107 Å². The van der Waals surface area contributed by atoms with Crippen LogP contribution in [-0.4, -0.2) is 29.9 Å². The van der Waals surface area contributed by atoms with Crippen LogP contribution in [0.4, 0.5) is 0 Å². The van der Waals surface area contributed by atoms with Crippen molar-refractivity contribution < 1.29 is 9.26 Å². The predicted octanol–water partition coefficient (Wildman–Crippen LogP) is 1.73. The van der Waals surface area contributed by atoms with Gasteiger partial charge in [0.15, 0.2) is 5.82 Å². The number of nitrogens with zero attached hydrogens (tertiary/aromatic N) is 2. The molecule has 0 bridgehead atoms. The third-order valence-electron chi connectivity index (χ3n) is 4.39. The highest BCUT2D eigenvalue weighted by Crippen LogP contribution is 2.38. The number of nitrogens with two attached hydrogens (primary N) is 1. The lowest BCUT2D eigenvalue weighted by Gasteiger charge is -2.32. The van der Waals surface area contributed by atoms with Crippen LogP contribution in [0.15, 0.2) is 4.52 Å². The normalized spacial score (nSPS) is 27.5. The highest BCUT2D eigenvalue weighted by atomic mass is 16.5. The Hall–Kier alpha value is -0.940. The zero-order valence-electron chi connectivity index (χ0n) is 10.7. The van der Waals surface area contributed by atoms with Gasteiger partial charge in [-0.05, 0) is 19.3 Å². The molecule has 5 nitrogen and oxygen atoms in total. The van der Waals surface area contributed by atoms with Crippen LogP contribution in [0.3, 0.4) is 0 Å². The number of ether oxygens (including phenoxy) is 1. The van der Waals surface area contributed by atoms with Crippen molar-refractivity contribution in [3.8, 4) is 0 Å². The fraction of sp³-hybridized carbons (Fsp3) is 0.846. The largest absolute Gasteiger partial charge is 0.381 e. The van der Waals surface area contributed by atoms with Crippen molar-refractivity contribution in [1.29, 1.82) is 0 Å². The van der Waals surface area contributed by atoms with E-state index in [1.807, 2.05) is 0 Å². The van der Waals surface area contributed by atoms with E-state index in [2.05, 4.69) is 10.1 Å². The van der Waals surface area contributed by atoms with Crippen LogP contribution in [0.25, 0.3) is 0 Å². The van der Waals surface area contributed by atoms with Gasteiger partial charge in [0.1, 0.15) is 0 Å². The van der Waals surface area contributed by atoms with Crippen molar-refractivity contribution in [1.82, 2.24) is 10.1 Å². The topological polar surface area (TPSA) is 74.2 Å². The molecule has 2 fully saturated rings. The van der Waals surface area contributed by atoms with E-state index in [1.165, 1.54) is 19.3 Å². The molecule has 1 aliphatic heterocycles. The fourth-order valence-electron chi connectivity index (χ4n) is 3.09. The highest BCUT2D eigenvalue weighted by Gasteiger charge is 2.38. The molecule has 2 heterocycles. The molecule has 2 aliphatic rings. The van der Waals surface area contributed by atoms with Gasteiger partial charge in [0.2, 0.25) is 5.89 Å². The molecule has 2 N–H and O–H groups in total. The standard InChI is InChI=1S/C13H21N3O2/c14-9-13(5-2-1-3-6-13)12-15-11(16-18-12)10-4-7-17-8-10/h10H,1-9,14H2. The summed E-state index contributed by atoms with van der Waals surface area (Å²) in [5, 5.41) is 4.14. The second-order valence-electron chi connectivity index (χ2n) is 5.56. The predicted molar refractivity (Wildman–Crippen MR) is 66.3 cm³/mol. The zero-order valence-corrected chi connectivity index (χ0v) is 10.7. The van der Waals surface area contributed by atoms with Crippen molar-refractivity contribution in [2.45, 2.75) is 49.9 Å². The van der Waals surface area contributed by atoms with E-state index in [0.717, 1.165) is 37.6 Å². The molecule has 0 amide bonds. The first-order valence-corrected chi connectivity index (χ1v) is 6.96. The molecule has 3 rings (SSSR count). The van der Waals surface area contributed by atoms with Gasteiger partial charge in [-0.2, -0.15) is 4.98 Å². The molecule has 0 aromatic carbocycles. The second kappa shape index (κ2) is 4.97. The summed E-state index contributed by atoms with van der Waals surface area (Å²) in [6.45, 7) is 2.13. The Morgan fingerprint density at radius 1 is 1.28 bits per heavy atom. The smallest absolute Gasteiger partial charge is 0.234 e. The average Bonchev–Trinajstić information content (AvgIpc) is 3.10. The van der Waals surface area contributed by atoms with Gasteiger partial charge in [0.25, 0.3) is 0 Å². The molecule has 0 radical (unpaired) electrons. The molecule has 18 heavy (non-hydrogen) atoms. The summed E-state index contributed by atoms with van der Waals surface area (Å²) >= 11 is 0. The molecule has 1 aliphatic carbocycles. The Balaban J connectivity index is 1.82. The lowest BCUT2D eigenvalue weighted by Crippen LogP contribution is -2.37. The molecule has 5 heteroatoms. The van der Waals surface area contributed by atoms with Crippen LogP contribution < -0.4 is 5.73 Å². The highest BCUT2D eigenvalue weighted by molar-refractivity contribution is 5.09. The molecule has 1 unspecified atom stereocenters. The first-order valence-electron chi connectivity index (χ1n) is 6.96. The van der Waals surface area contributed by atoms with Gasteiger partial charge in [-0.1, -0.05) is 24.4 Å². The quantitative estimate of drug-likeness (QED) is 0.885. The van der Waals surface area contributed by atoms with E-state index < -0.39 is 0 Å². The molecule has 1 atom stereocenters. The van der Waals surface area contributed by atoms with Crippen LogP contribution in [0.5, 0.6) is 0 Å². The van der Waals surface area contributed by atoms with Gasteiger partial charge in [-0.15, -0.1) is 0 Å². The van der Waals surface area contributed by atoms with Gasteiger partial charge < -0.3 is 15.0 Å². The summed E-state index contributed by atoms with van der Waals surface area (Å²) in [5.41, 5.74) is 5.91. The molecule has 100 valence electrons. The Bertz CT molecular complexity index is 393. The van der Waals surface area contributed by atoms with Crippen LogP contribution in [-0.2, 0) is 10.2 Å². The van der Waals surface area contributed by atoms with Gasteiger partial charge in [-0.3, -0.25) is 0 Å². The van der Waals surface area contributed by atoms with Crippen molar-refractivity contribution in [2.24, 2.45) is 5.73 Å². The maximum atomic E-state index is 5.98. The van der Waals surface area contributed by atoms with E-state index in [0.29, 0.717) is 19.1 Å². The fourth-order valence-corrected chi connectivity index (χ4v) is 3.09. The van der Waals surface area contributed by atoms with Crippen molar-refractivity contribution in [2.75, 3.05) is 19.8 Å². The van der Waals surface area contributed by atoms with E-state index in [-0.39, 0.29) is 5.41 Å². The Kier molecular flexibility index (Phi) is 3.35. The lowest BCUT2D eigenvalue weighted by atomic mass is 9.74. The molecular formula is C13H21N3O2. The minimum Gasteiger partial charge on any atom is -0.381 e. The van der Waals surface area contributed by atoms with Crippen molar-refractivity contribution in [3.63, 3.8) is 0 Å². The molecular weight excluding hydrogens is 230 g/mol. The van der Waals surface area contributed by atoms with E-state index in [4.69, 9.17) is 15.0 Å². The molecule has 0 spiro atoms. The van der Waals surface area contributed by atoms with Crippen LogP contribution in [0.2, 0.25) is 0 Å². The maximum absolute atomic E-state index is 5.98. The van der Waals surface area contributed by atoms with Crippen LogP contribution in [0.1, 0.15) is 56.2 Å². The van der Waals surface area contributed by atoms with Gasteiger partial charge >= 0.3 is 0 Å². The minimum atomic E-state index is -0.0665. The summed E-state index contributed by atoms with van der Waals surface area (Å²) in [4.78, 5) is 4.62. The molecule has 1 saturated heterocycles. The number of aromatic nitrogens is 2. The summed E-state index contributed by atoms with van der Waals surface area (Å²) in [6.07, 6.45) is 6.86. The Morgan fingerprint density at radius 3 is 2.78 bits per heavy atom. The Morgan fingerprint density at radius 2 is 2.11 bits per heavy atom. The maximum Gasteiger partial charge on any atom is 0.234 e. The zero-order chi connectivity index (χ0) is 12.4. The molecule has 1 saturated carbocycles. The van der Waals surface area contributed by atoms with E-state index in [9.17, 15) is 0 Å². The molecule has 1 aromatic rings. The van der Waals surface area contributed by atoms with Gasteiger partial charge in [0.05, 0.1) is 12.0 Å². The first kappa shape index (κ1) is 12.1. The summed E-state index contributed by atoms with van der Waals surface area (Å²) in [7, 11) is 0. The monoisotopic (exact) mass is 251 g/mol. The van der Waals surface area contributed by atoms with Gasteiger partial charge in [-0.25, -0.2) is 0 Å². The SMILES string of the molecule is NCC1(c2nc(C3CCOC3)no2)CCCCC1. The summed E-state index contributed by atoms with van der Waals surface area (Å²) in [5.74, 6) is 1.87. The minimum absolute atomic E-state index is 0.0665. The lowest BCUT2D eigenvalue weighted by molar-refractivity contribution is 0.192. The number of hydrogen-bond acceptors (Lipinski definition) is 5. The van der Waals surface area contributed by atoms with Crippen LogP contribution in [0, 0.1) is 0 Å². The van der Waals surface area contributed by atoms with Crippen molar-refractivity contribution in [3.05, 3.63) is 11.7 Å². The number of hydrogen-bond donors (Lipinski definition) is 1.